The van der Waals surface area contributed by atoms with Crippen molar-refractivity contribution in [2.75, 3.05) is 6.61 Å². The van der Waals surface area contributed by atoms with E-state index < -0.39 is 12.1 Å². The van der Waals surface area contributed by atoms with Crippen LogP contribution in [-0.2, 0) is 9.53 Å². The molecular formula is C18H16ClNO5. The molecule has 1 heterocycles. The highest BCUT2D eigenvalue weighted by atomic mass is 35.5. The van der Waals surface area contributed by atoms with Crippen molar-refractivity contribution in [3.8, 4) is 17.6 Å². The molecule has 0 spiro atoms. The molecule has 25 heavy (non-hydrogen) atoms. The molecule has 0 unspecified atom stereocenters. The van der Waals surface area contributed by atoms with Gasteiger partial charge in [-0.1, -0.05) is 11.6 Å². The van der Waals surface area contributed by atoms with Crippen molar-refractivity contribution in [2.45, 2.75) is 20.0 Å². The monoisotopic (exact) mass is 361 g/mol. The lowest BCUT2D eigenvalue weighted by Gasteiger charge is -2.13. The Morgan fingerprint density at radius 1 is 1.20 bits per heavy atom. The van der Waals surface area contributed by atoms with Crippen LogP contribution in [0.1, 0.15) is 13.8 Å². The summed E-state index contributed by atoms with van der Waals surface area (Å²) in [5.41, 5.74) is 1.20. The van der Waals surface area contributed by atoms with Gasteiger partial charge in [0.25, 0.3) is 0 Å². The lowest BCUT2D eigenvalue weighted by atomic mass is 10.3. The van der Waals surface area contributed by atoms with Gasteiger partial charge < -0.3 is 18.6 Å². The molecule has 0 aliphatic heterocycles. The summed E-state index contributed by atoms with van der Waals surface area (Å²) in [6.07, 6.45) is -0.570. The molecule has 3 aromatic rings. The Morgan fingerprint density at radius 3 is 2.64 bits per heavy atom. The molecule has 1 aromatic heterocycles. The number of nitrogens with zero attached hydrogens (tertiary/aromatic N) is 1. The molecule has 0 aliphatic carbocycles. The Bertz CT molecular complexity index is 875. The summed E-state index contributed by atoms with van der Waals surface area (Å²) in [4.78, 5) is 15.8. The van der Waals surface area contributed by atoms with Crippen molar-refractivity contribution in [1.29, 1.82) is 0 Å². The first kappa shape index (κ1) is 17.1. The molecule has 7 heteroatoms. The lowest BCUT2D eigenvalue weighted by molar-refractivity contribution is -0.150. The van der Waals surface area contributed by atoms with E-state index >= 15 is 0 Å². The minimum Gasteiger partial charge on any atom is -0.479 e. The van der Waals surface area contributed by atoms with E-state index in [1.807, 2.05) is 0 Å². The highest BCUT2D eigenvalue weighted by Gasteiger charge is 2.15. The standard InChI is InChI=1S/C18H16ClNO5/c1-3-22-17(21)11(2)23-13-5-7-14(8-6-13)24-18-20-15-10-12(19)4-9-16(15)25-18/h4-11H,3H2,1-2H3/t11-/m1/s1. The van der Waals surface area contributed by atoms with E-state index in [9.17, 15) is 4.79 Å². The van der Waals surface area contributed by atoms with Crippen LogP contribution >= 0.6 is 11.6 Å². The van der Waals surface area contributed by atoms with Gasteiger partial charge in [-0.15, -0.1) is 0 Å². The molecule has 0 N–H and O–H groups in total. The zero-order valence-corrected chi connectivity index (χ0v) is 14.4. The van der Waals surface area contributed by atoms with Gasteiger partial charge in [0.05, 0.1) is 6.61 Å². The largest absolute Gasteiger partial charge is 0.479 e. The smallest absolute Gasteiger partial charge is 0.400 e. The minimum atomic E-state index is -0.687. The number of oxazole rings is 1. The normalized spacial score (nSPS) is 12.0. The highest BCUT2D eigenvalue weighted by molar-refractivity contribution is 6.31. The maximum absolute atomic E-state index is 11.6. The zero-order chi connectivity index (χ0) is 17.8. The van der Waals surface area contributed by atoms with Gasteiger partial charge >= 0.3 is 12.0 Å². The molecule has 0 amide bonds. The van der Waals surface area contributed by atoms with Crippen molar-refractivity contribution >= 4 is 28.7 Å². The van der Waals surface area contributed by atoms with E-state index in [-0.39, 0.29) is 6.08 Å². The predicted octanol–water partition coefficient (Wildman–Crippen LogP) is 4.60. The Kier molecular flexibility index (Phi) is 5.09. The van der Waals surface area contributed by atoms with E-state index in [0.717, 1.165) is 0 Å². The van der Waals surface area contributed by atoms with E-state index in [1.54, 1.807) is 56.3 Å². The van der Waals surface area contributed by atoms with Crippen LogP contribution < -0.4 is 9.47 Å². The fourth-order valence-electron chi connectivity index (χ4n) is 2.12. The van der Waals surface area contributed by atoms with Gasteiger partial charge in [-0.2, -0.15) is 4.98 Å². The molecule has 0 bridgehead atoms. The number of rotatable bonds is 6. The summed E-state index contributed by atoms with van der Waals surface area (Å²) in [6.45, 7) is 3.69. The Labute approximate surface area is 149 Å². The number of halogens is 1. The van der Waals surface area contributed by atoms with Gasteiger partial charge in [0, 0.05) is 5.02 Å². The molecule has 2 aromatic carbocycles. The van der Waals surface area contributed by atoms with Gasteiger partial charge in [0.15, 0.2) is 11.7 Å². The summed E-state index contributed by atoms with van der Waals surface area (Å²) in [5, 5.41) is 0.574. The number of benzene rings is 2. The average Bonchev–Trinajstić information content (AvgIpc) is 2.98. The highest BCUT2D eigenvalue weighted by Crippen LogP contribution is 2.28. The summed E-state index contributed by atoms with van der Waals surface area (Å²) >= 11 is 5.92. The SMILES string of the molecule is CCOC(=O)[C@@H](C)Oc1ccc(Oc2nc3cc(Cl)ccc3o2)cc1. The number of esters is 1. The van der Waals surface area contributed by atoms with Crippen LogP contribution in [0.15, 0.2) is 46.9 Å². The van der Waals surface area contributed by atoms with Gasteiger partial charge in [-0.25, -0.2) is 4.79 Å². The first-order valence-corrected chi connectivity index (χ1v) is 8.10. The van der Waals surface area contributed by atoms with Crippen molar-refractivity contribution in [3.05, 3.63) is 47.5 Å². The number of fused-ring (bicyclic) bond motifs is 1. The maximum atomic E-state index is 11.6. The molecule has 6 nitrogen and oxygen atoms in total. The van der Waals surface area contributed by atoms with Crippen LogP contribution in [0.25, 0.3) is 11.1 Å². The van der Waals surface area contributed by atoms with Gasteiger partial charge in [0.1, 0.15) is 17.0 Å². The van der Waals surface area contributed by atoms with Crippen LogP contribution in [0.3, 0.4) is 0 Å². The maximum Gasteiger partial charge on any atom is 0.400 e. The van der Waals surface area contributed by atoms with Gasteiger partial charge in [-0.3, -0.25) is 0 Å². The second-order valence-corrected chi connectivity index (χ2v) is 5.61. The number of carbonyl (C=O) groups excluding carboxylic acids is 1. The molecule has 1 atom stereocenters. The van der Waals surface area contributed by atoms with Crippen LogP contribution in [0.4, 0.5) is 0 Å². The molecule has 0 radical (unpaired) electrons. The summed E-state index contributed by atoms with van der Waals surface area (Å²) in [5.74, 6) is 0.638. The molecule has 3 rings (SSSR count). The second kappa shape index (κ2) is 7.44. The molecule has 0 saturated heterocycles. The fraction of sp³-hybridized carbons (Fsp3) is 0.222. The van der Waals surface area contributed by atoms with Crippen LogP contribution in [0.5, 0.6) is 17.6 Å². The van der Waals surface area contributed by atoms with Crippen molar-refractivity contribution in [3.63, 3.8) is 0 Å². The summed E-state index contributed by atoms with van der Waals surface area (Å²) in [7, 11) is 0. The van der Waals surface area contributed by atoms with Crippen molar-refractivity contribution in [1.82, 2.24) is 4.98 Å². The van der Waals surface area contributed by atoms with Crippen molar-refractivity contribution in [2.24, 2.45) is 0 Å². The minimum absolute atomic E-state index is 0.117. The van der Waals surface area contributed by atoms with E-state index in [4.69, 9.17) is 30.2 Å². The third-order valence-corrected chi connectivity index (χ3v) is 3.53. The number of aromatic nitrogens is 1. The third kappa shape index (κ3) is 4.22. The Hall–Kier alpha value is -2.73. The molecule has 0 aliphatic rings. The Balaban J connectivity index is 1.66. The topological polar surface area (TPSA) is 70.8 Å². The number of hydrogen-bond donors (Lipinski definition) is 0. The summed E-state index contributed by atoms with van der Waals surface area (Å²) in [6, 6.07) is 11.9. The van der Waals surface area contributed by atoms with Gasteiger partial charge in [-0.05, 0) is 56.3 Å². The average molecular weight is 362 g/mol. The number of ether oxygens (including phenoxy) is 3. The predicted molar refractivity (Wildman–Crippen MR) is 92.3 cm³/mol. The molecule has 130 valence electrons. The van der Waals surface area contributed by atoms with Gasteiger partial charge in [0.2, 0.25) is 0 Å². The fourth-order valence-corrected chi connectivity index (χ4v) is 2.29. The quantitative estimate of drug-likeness (QED) is 0.597. The lowest BCUT2D eigenvalue weighted by Crippen LogP contribution is -2.25. The van der Waals surface area contributed by atoms with E-state index in [0.29, 0.717) is 34.2 Å². The second-order valence-electron chi connectivity index (χ2n) is 5.18. The van der Waals surface area contributed by atoms with E-state index in [2.05, 4.69) is 4.98 Å². The van der Waals surface area contributed by atoms with Crippen molar-refractivity contribution < 1.29 is 23.4 Å². The first-order chi connectivity index (χ1) is 12.0. The first-order valence-electron chi connectivity index (χ1n) is 7.72. The zero-order valence-electron chi connectivity index (χ0n) is 13.7. The van der Waals surface area contributed by atoms with E-state index in [1.165, 1.54) is 0 Å². The molecule has 0 fully saturated rings. The molecular weight excluding hydrogens is 346 g/mol. The van der Waals surface area contributed by atoms with Crippen LogP contribution in [0, 0.1) is 0 Å². The third-order valence-electron chi connectivity index (χ3n) is 3.29. The summed E-state index contributed by atoms with van der Waals surface area (Å²) < 4.78 is 21.5. The Morgan fingerprint density at radius 2 is 1.92 bits per heavy atom. The molecule has 0 saturated carbocycles. The number of carbonyl (C=O) groups is 1. The van der Waals surface area contributed by atoms with Crippen LogP contribution in [0.2, 0.25) is 5.02 Å². The van der Waals surface area contributed by atoms with Crippen LogP contribution in [-0.4, -0.2) is 23.7 Å². The number of hydrogen-bond acceptors (Lipinski definition) is 6.